The Kier molecular flexibility index (Phi) is 7.36. The van der Waals surface area contributed by atoms with Crippen molar-refractivity contribution in [3.63, 3.8) is 0 Å². The largest absolute Gasteiger partial charge is 0.383 e. The second-order valence-corrected chi connectivity index (χ2v) is 6.21. The summed E-state index contributed by atoms with van der Waals surface area (Å²) in [5.74, 6) is 0.848. The molecule has 1 aliphatic rings. The Hall–Kier alpha value is -1.59. The van der Waals surface area contributed by atoms with E-state index in [0.29, 0.717) is 12.6 Å². The summed E-state index contributed by atoms with van der Waals surface area (Å²) >= 11 is 0. The van der Waals surface area contributed by atoms with Crippen LogP contribution in [0, 0.1) is 0 Å². The molecule has 23 heavy (non-hydrogen) atoms. The van der Waals surface area contributed by atoms with E-state index in [-0.39, 0.29) is 6.04 Å². The van der Waals surface area contributed by atoms with Crippen molar-refractivity contribution >= 4 is 5.96 Å². The lowest BCUT2D eigenvalue weighted by Crippen LogP contribution is -2.48. The van der Waals surface area contributed by atoms with Crippen molar-refractivity contribution in [2.75, 3.05) is 33.9 Å². The van der Waals surface area contributed by atoms with Gasteiger partial charge >= 0.3 is 0 Å². The van der Waals surface area contributed by atoms with Crippen LogP contribution >= 0.6 is 0 Å². The van der Waals surface area contributed by atoms with Crippen LogP contribution in [-0.4, -0.2) is 56.8 Å². The zero-order chi connectivity index (χ0) is 16.5. The highest BCUT2D eigenvalue weighted by Gasteiger charge is 2.24. The van der Waals surface area contributed by atoms with Crippen molar-refractivity contribution in [3.05, 3.63) is 35.9 Å². The van der Waals surface area contributed by atoms with E-state index in [1.165, 1.54) is 24.9 Å². The minimum atomic E-state index is 0.246. The molecule has 2 rings (SSSR count). The fraction of sp³-hybridized carbons (Fsp3) is 0.611. The summed E-state index contributed by atoms with van der Waals surface area (Å²) in [6, 6.07) is 11.5. The van der Waals surface area contributed by atoms with E-state index < -0.39 is 0 Å². The lowest BCUT2D eigenvalue weighted by molar-refractivity contribution is 0.178. The molecule has 1 aromatic rings. The van der Waals surface area contributed by atoms with Crippen molar-refractivity contribution in [1.82, 2.24) is 15.5 Å². The number of nitrogens with zero attached hydrogens (tertiary/aromatic N) is 2. The Balaban J connectivity index is 1.81. The van der Waals surface area contributed by atoms with Gasteiger partial charge in [0.25, 0.3) is 0 Å². The number of nitrogens with one attached hydrogen (secondary N) is 2. The summed E-state index contributed by atoms with van der Waals surface area (Å²) in [5, 5.41) is 6.81. The molecular weight excluding hydrogens is 288 g/mol. The predicted octanol–water partition coefficient (Wildman–Crippen LogP) is 1.85. The van der Waals surface area contributed by atoms with Gasteiger partial charge in [0.05, 0.1) is 6.61 Å². The molecule has 0 radical (unpaired) electrons. The van der Waals surface area contributed by atoms with Crippen molar-refractivity contribution < 1.29 is 4.74 Å². The van der Waals surface area contributed by atoms with Crippen molar-refractivity contribution in [3.8, 4) is 0 Å². The predicted molar refractivity (Wildman–Crippen MR) is 95.7 cm³/mol. The number of guanidine groups is 1. The summed E-state index contributed by atoms with van der Waals surface area (Å²) in [7, 11) is 3.53. The molecule has 2 atom stereocenters. The molecule has 0 spiro atoms. The van der Waals surface area contributed by atoms with Gasteiger partial charge in [-0.15, -0.1) is 0 Å². The fourth-order valence-electron chi connectivity index (χ4n) is 3.09. The number of aliphatic imine (C=N–C) groups is 1. The highest BCUT2D eigenvalue weighted by atomic mass is 16.5. The van der Waals surface area contributed by atoms with Gasteiger partial charge in [-0.1, -0.05) is 30.3 Å². The first-order chi connectivity index (χ1) is 11.2. The first-order valence-electron chi connectivity index (χ1n) is 8.47. The third kappa shape index (κ3) is 5.84. The van der Waals surface area contributed by atoms with Crippen LogP contribution in [0.25, 0.3) is 0 Å². The first-order valence-corrected chi connectivity index (χ1v) is 8.47. The molecule has 0 aliphatic carbocycles. The monoisotopic (exact) mass is 318 g/mol. The average Bonchev–Trinajstić information content (AvgIpc) is 2.99. The van der Waals surface area contributed by atoms with Crippen LogP contribution in [0.4, 0.5) is 0 Å². The molecule has 5 heteroatoms. The zero-order valence-electron chi connectivity index (χ0n) is 14.6. The highest BCUT2D eigenvalue weighted by molar-refractivity contribution is 5.79. The number of methoxy groups -OCH3 is 1. The normalized spacial score (nSPS) is 20.5. The molecule has 1 heterocycles. The SMILES string of the molecule is CN=C(NCC1CCCN1Cc1ccccc1)NC(C)COC. The van der Waals surface area contributed by atoms with Crippen molar-refractivity contribution in [2.24, 2.45) is 4.99 Å². The number of likely N-dealkylation sites (tertiary alicyclic amines) is 1. The molecule has 0 bridgehead atoms. The molecule has 1 saturated heterocycles. The molecule has 2 unspecified atom stereocenters. The van der Waals surface area contributed by atoms with Crippen LogP contribution in [-0.2, 0) is 11.3 Å². The standard InChI is InChI=1S/C18H30N4O/c1-15(14-23-3)21-18(19-2)20-12-17-10-7-11-22(17)13-16-8-5-4-6-9-16/h4-6,8-9,15,17H,7,10-14H2,1-3H3,(H2,19,20,21). The second kappa shape index (κ2) is 9.53. The minimum absolute atomic E-state index is 0.246. The molecule has 2 N–H and O–H groups in total. The third-order valence-electron chi connectivity index (χ3n) is 4.26. The Bertz CT molecular complexity index is 477. The Morgan fingerprint density at radius 2 is 2.17 bits per heavy atom. The summed E-state index contributed by atoms with van der Waals surface area (Å²) in [6.07, 6.45) is 2.51. The van der Waals surface area contributed by atoms with Gasteiger partial charge in [0, 0.05) is 39.3 Å². The smallest absolute Gasteiger partial charge is 0.191 e. The maximum Gasteiger partial charge on any atom is 0.191 e. The van der Waals surface area contributed by atoms with E-state index in [1.807, 2.05) is 7.05 Å². The van der Waals surface area contributed by atoms with Gasteiger partial charge in [-0.2, -0.15) is 0 Å². The molecule has 0 aromatic heterocycles. The van der Waals surface area contributed by atoms with Crippen LogP contribution in [0.15, 0.2) is 35.3 Å². The van der Waals surface area contributed by atoms with Gasteiger partial charge in [-0.05, 0) is 31.9 Å². The Morgan fingerprint density at radius 3 is 2.87 bits per heavy atom. The van der Waals surface area contributed by atoms with Crippen molar-refractivity contribution in [2.45, 2.75) is 38.4 Å². The molecule has 0 saturated carbocycles. The lowest BCUT2D eigenvalue weighted by Gasteiger charge is -2.26. The number of ether oxygens (including phenoxy) is 1. The Morgan fingerprint density at radius 1 is 1.39 bits per heavy atom. The van der Waals surface area contributed by atoms with Gasteiger partial charge in [-0.25, -0.2) is 0 Å². The first kappa shape index (κ1) is 17.8. The molecule has 5 nitrogen and oxygen atoms in total. The van der Waals surface area contributed by atoms with Gasteiger partial charge < -0.3 is 15.4 Å². The van der Waals surface area contributed by atoms with Crippen LogP contribution < -0.4 is 10.6 Å². The summed E-state index contributed by atoms with van der Waals surface area (Å²) in [5.41, 5.74) is 1.38. The van der Waals surface area contributed by atoms with E-state index >= 15 is 0 Å². The van der Waals surface area contributed by atoms with Gasteiger partial charge in [0.2, 0.25) is 0 Å². The fourth-order valence-corrected chi connectivity index (χ4v) is 3.09. The van der Waals surface area contributed by atoms with E-state index in [4.69, 9.17) is 4.74 Å². The van der Waals surface area contributed by atoms with Crippen LogP contribution in [0.2, 0.25) is 0 Å². The zero-order valence-corrected chi connectivity index (χ0v) is 14.6. The van der Waals surface area contributed by atoms with E-state index in [2.05, 4.69) is 57.8 Å². The number of hydrogen-bond acceptors (Lipinski definition) is 3. The molecule has 1 aromatic carbocycles. The number of hydrogen-bond donors (Lipinski definition) is 2. The molecular formula is C18H30N4O. The summed E-state index contributed by atoms with van der Waals surface area (Å²) in [6.45, 7) is 5.89. The third-order valence-corrected chi connectivity index (χ3v) is 4.26. The number of rotatable bonds is 7. The van der Waals surface area contributed by atoms with Crippen LogP contribution in [0.5, 0.6) is 0 Å². The van der Waals surface area contributed by atoms with E-state index in [9.17, 15) is 0 Å². The maximum atomic E-state index is 5.16. The molecule has 0 amide bonds. The summed E-state index contributed by atoms with van der Waals surface area (Å²) in [4.78, 5) is 6.86. The topological polar surface area (TPSA) is 48.9 Å². The Labute approximate surface area is 140 Å². The van der Waals surface area contributed by atoms with Crippen LogP contribution in [0.3, 0.4) is 0 Å². The molecule has 1 aliphatic heterocycles. The summed E-state index contributed by atoms with van der Waals surface area (Å²) < 4.78 is 5.16. The number of benzene rings is 1. The van der Waals surface area contributed by atoms with Gasteiger partial charge in [-0.3, -0.25) is 9.89 Å². The van der Waals surface area contributed by atoms with E-state index in [0.717, 1.165) is 19.0 Å². The average molecular weight is 318 g/mol. The molecule has 1 fully saturated rings. The minimum Gasteiger partial charge on any atom is -0.383 e. The van der Waals surface area contributed by atoms with Gasteiger partial charge in [0.15, 0.2) is 5.96 Å². The van der Waals surface area contributed by atoms with E-state index in [1.54, 1.807) is 7.11 Å². The second-order valence-electron chi connectivity index (χ2n) is 6.21. The highest BCUT2D eigenvalue weighted by Crippen LogP contribution is 2.19. The lowest BCUT2D eigenvalue weighted by atomic mass is 10.2. The van der Waals surface area contributed by atoms with Gasteiger partial charge in [0.1, 0.15) is 0 Å². The quantitative estimate of drug-likeness (QED) is 0.595. The van der Waals surface area contributed by atoms with Crippen molar-refractivity contribution in [1.29, 1.82) is 0 Å². The van der Waals surface area contributed by atoms with Crippen LogP contribution in [0.1, 0.15) is 25.3 Å². The molecule has 128 valence electrons. The maximum absolute atomic E-state index is 5.16.